The highest BCUT2D eigenvalue weighted by Crippen LogP contribution is 2.29. The highest BCUT2D eigenvalue weighted by atomic mass is 35.5. The number of carbonyl (C=O) groups excluding carboxylic acids is 1. The van der Waals surface area contributed by atoms with Gasteiger partial charge in [0.15, 0.2) is 0 Å². The number of ether oxygens (including phenoxy) is 2. The molecule has 4 rings (SSSR count). The molecular formula is C23H25ClN4O4. The fourth-order valence-corrected chi connectivity index (χ4v) is 3.92. The molecule has 168 valence electrons. The Balaban J connectivity index is 1.82. The molecule has 0 spiro atoms. The Kier molecular flexibility index (Phi) is 6.94. The first kappa shape index (κ1) is 22.1. The van der Waals surface area contributed by atoms with Crippen molar-refractivity contribution in [2.45, 2.75) is 0 Å². The number of methoxy groups -OCH3 is 1. The predicted molar refractivity (Wildman–Crippen MR) is 123 cm³/mol. The van der Waals surface area contributed by atoms with Gasteiger partial charge in [0.1, 0.15) is 18.1 Å². The van der Waals surface area contributed by atoms with Gasteiger partial charge >= 0.3 is 5.69 Å². The van der Waals surface area contributed by atoms with Crippen molar-refractivity contribution in [3.8, 4) is 22.7 Å². The molecule has 0 atom stereocenters. The lowest BCUT2D eigenvalue weighted by Crippen LogP contribution is -2.46. The average molecular weight is 457 g/mol. The number of H-pyrrole nitrogens is 1. The summed E-state index contributed by atoms with van der Waals surface area (Å²) in [7, 11) is 1.60. The Labute approximate surface area is 190 Å². The maximum Gasteiger partial charge on any atom is 0.331 e. The molecule has 1 aliphatic rings. The quantitative estimate of drug-likeness (QED) is 0.533. The Morgan fingerprint density at radius 1 is 1.09 bits per heavy atom. The van der Waals surface area contributed by atoms with Gasteiger partial charge in [0.25, 0.3) is 5.91 Å². The minimum absolute atomic E-state index is 0.218. The second-order valence-corrected chi connectivity index (χ2v) is 7.82. The number of halogens is 1. The number of hydrogen-bond donors (Lipinski definition) is 2. The summed E-state index contributed by atoms with van der Waals surface area (Å²) >= 11 is 6.24. The van der Waals surface area contributed by atoms with E-state index in [1.165, 1.54) is 4.57 Å². The molecule has 3 aromatic rings. The van der Waals surface area contributed by atoms with Gasteiger partial charge in [0.2, 0.25) is 0 Å². The molecular weight excluding hydrogens is 432 g/mol. The van der Waals surface area contributed by atoms with E-state index in [4.69, 9.17) is 21.1 Å². The van der Waals surface area contributed by atoms with E-state index in [0.29, 0.717) is 67.1 Å². The minimum Gasteiger partial charge on any atom is -0.491 e. The summed E-state index contributed by atoms with van der Waals surface area (Å²) in [6, 6.07) is 14.3. The first-order valence-corrected chi connectivity index (χ1v) is 10.8. The topological polar surface area (TPSA) is 88.6 Å². The van der Waals surface area contributed by atoms with Crippen molar-refractivity contribution < 1.29 is 14.3 Å². The largest absolute Gasteiger partial charge is 0.491 e. The van der Waals surface area contributed by atoms with Crippen LogP contribution in [0.4, 0.5) is 0 Å². The fourth-order valence-electron chi connectivity index (χ4n) is 3.73. The number of nitrogens with zero attached hydrogens (tertiary/aromatic N) is 2. The number of piperazine rings is 1. The number of imidazole rings is 1. The van der Waals surface area contributed by atoms with E-state index >= 15 is 0 Å². The third-order valence-electron chi connectivity index (χ3n) is 5.24. The van der Waals surface area contributed by atoms with Gasteiger partial charge < -0.3 is 24.7 Å². The number of carbonyl (C=O) groups is 1. The lowest BCUT2D eigenvalue weighted by molar-refractivity contribution is 0.0731. The summed E-state index contributed by atoms with van der Waals surface area (Å²) in [5.74, 6) is 0.379. The molecule has 2 N–H and O–H groups in total. The second-order valence-electron chi connectivity index (χ2n) is 7.38. The van der Waals surface area contributed by atoms with Crippen LogP contribution in [0.5, 0.6) is 5.75 Å². The molecule has 9 heteroatoms. The van der Waals surface area contributed by atoms with Crippen LogP contribution in [-0.2, 0) is 4.74 Å². The van der Waals surface area contributed by atoms with Crippen LogP contribution in [-0.4, -0.2) is 66.9 Å². The summed E-state index contributed by atoms with van der Waals surface area (Å²) in [6.45, 7) is 3.41. The van der Waals surface area contributed by atoms with Crippen LogP contribution in [0.25, 0.3) is 16.9 Å². The standard InChI is InChI=1S/C23H25ClN4O4/c1-31-12-13-32-19-7-3-6-18(15-19)28-21(16-4-2-5-17(24)14-16)20(26-23(28)30)22(29)27-10-8-25-9-11-27/h2-7,14-15,25H,8-13H2,1H3,(H,26,30). The van der Waals surface area contributed by atoms with Crippen molar-refractivity contribution in [2.75, 3.05) is 46.5 Å². The van der Waals surface area contributed by atoms with Crippen molar-refractivity contribution in [2.24, 2.45) is 0 Å². The number of amides is 1. The van der Waals surface area contributed by atoms with Crippen molar-refractivity contribution >= 4 is 17.5 Å². The molecule has 0 radical (unpaired) electrons. The van der Waals surface area contributed by atoms with E-state index in [1.54, 1.807) is 48.4 Å². The molecule has 1 amide bonds. The fraction of sp³-hybridized carbons (Fsp3) is 0.304. The maximum atomic E-state index is 13.4. The van der Waals surface area contributed by atoms with Crippen LogP contribution in [0, 0.1) is 0 Å². The van der Waals surface area contributed by atoms with Crippen molar-refractivity contribution in [1.82, 2.24) is 19.8 Å². The number of benzene rings is 2. The molecule has 2 heterocycles. The highest BCUT2D eigenvalue weighted by Gasteiger charge is 2.27. The highest BCUT2D eigenvalue weighted by molar-refractivity contribution is 6.30. The number of hydrogen-bond acceptors (Lipinski definition) is 5. The van der Waals surface area contributed by atoms with E-state index < -0.39 is 5.69 Å². The van der Waals surface area contributed by atoms with Crippen LogP contribution < -0.4 is 15.7 Å². The van der Waals surface area contributed by atoms with Crippen molar-refractivity contribution in [3.05, 3.63) is 69.7 Å². The summed E-state index contributed by atoms with van der Waals surface area (Å²) in [6.07, 6.45) is 0. The molecule has 1 aliphatic heterocycles. The van der Waals surface area contributed by atoms with Crippen LogP contribution in [0.2, 0.25) is 5.02 Å². The lowest BCUT2D eigenvalue weighted by atomic mass is 10.1. The van der Waals surface area contributed by atoms with Crippen LogP contribution in [0.1, 0.15) is 10.5 Å². The van der Waals surface area contributed by atoms with E-state index in [9.17, 15) is 9.59 Å². The van der Waals surface area contributed by atoms with Crippen LogP contribution >= 0.6 is 11.6 Å². The molecule has 0 saturated carbocycles. The Morgan fingerprint density at radius 3 is 2.62 bits per heavy atom. The normalized spacial score (nSPS) is 13.9. The number of aromatic amines is 1. The van der Waals surface area contributed by atoms with Crippen LogP contribution in [0.15, 0.2) is 53.3 Å². The van der Waals surface area contributed by atoms with E-state index in [0.717, 1.165) is 0 Å². The molecule has 1 saturated heterocycles. The molecule has 2 aromatic carbocycles. The molecule has 1 aromatic heterocycles. The molecule has 0 bridgehead atoms. The first-order chi connectivity index (χ1) is 15.6. The van der Waals surface area contributed by atoms with Gasteiger partial charge in [-0.05, 0) is 24.3 Å². The number of rotatable bonds is 7. The van der Waals surface area contributed by atoms with Gasteiger partial charge in [-0.2, -0.15) is 0 Å². The molecule has 0 aliphatic carbocycles. The Bertz CT molecular complexity index is 1150. The zero-order chi connectivity index (χ0) is 22.5. The van der Waals surface area contributed by atoms with Gasteiger partial charge in [-0.1, -0.05) is 29.8 Å². The van der Waals surface area contributed by atoms with E-state index in [1.807, 2.05) is 12.1 Å². The third kappa shape index (κ3) is 4.72. The van der Waals surface area contributed by atoms with E-state index in [-0.39, 0.29) is 11.6 Å². The SMILES string of the molecule is COCCOc1cccc(-n2c(-c3cccc(Cl)c3)c(C(=O)N3CCNCC3)[nH]c2=O)c1. The smallest absolute Gasteiger partial charge is 0.331 e. The van der Waals surface area contributed by atoms with Crippen molar-refractivity contribution in [3.63, 3.8) is 0 Å². The van der Waals surface area contributed by atoms with Crippen LogP contribution in [0.3, 0.4) is 0 Å². The van der Waals surface area contributed by atoms with Crippen molar-refractivity contribution in [1.29, 1.82) is 0 Å². The molecule has 0 unspecified atom stereocenters. The Hall–Kier alpha value is -3.07. The number of nitrogens with one attached hydrogen (secondary N) is 2. The molecule has 8 nitrogen and oxygen atoms in total. The molecule has 1 fully saturated rings. The zero-order valence-electron chi connectivity index (χ0n) is 17.8. The van der Waals surface area contributed by atoms with Gasteiger partial charge in [-0.3, -0.25) is 9.36 Å². The number of aromatic nitrogens is 2. The predicted octanol–water partition coefficient (Wildman–Crippen LogP) is 2.56. The van der Waals surface area contributed by atoms with Gasteiger partial charge in [0, 0.05) is 49.9 Å². The summed E-state index contributed by atoms with van der Waals surface area (Å²) in [5, 5.41) is 3.75. The lowest BCUT2D eigenvalue weighted by Gasteiger charge is -2.27. The van der Waals surface area contributed by atoms with Gasteiger partial charge in [-0.15, -0.1) is 0 Å². The zero-order valence-corrected chi connectivity index (χ0v) is 18.5. The average Bonchev–Trinajstić information content (AvgIpc) is 3.16. The maximum absolute atomic E-state index is 13.4. The van der Waals surface area contributed by atoms with Gasteiger partial charge in [-0.25, -0.2) is 4.79 Å². The summed E-state index contributed by atoms with van der Waals surface area (Å²) in [5.41, 5.74) is 1.54. The summed E-state index contributed by atoms with van der Waals surface area (Å²) in [4.78, 5) is 31.0. The summed E-state index contributed by atoms with van der Waals surface area (Å²) < 4.78 is 12.2. The van der Waals surface area contributed by atoms with Gasteiger partial charge in [0.05, 0.1) is 18.0 Å². The third-order valence-corrected chi connectivity index (χ3v) is 5.48. The first-order valence-electron chi connectivity index (χ1n) is 10.4. The monoisotopic (exact) mass is 456 g/mol. The second kappa shape index (κ2) is 10.0. The molecule has 32 heavy (non-hydrogen) atoms. The Morgan fingerprint density at radius 2 is 1.88 bits per heavy atom. The van der Waals surface area contributed by atoms with E-state index in [2.05, 4.69) is 10.3 Å². The minimum atomic E-state index is -0.410.